The van der Waals surface area contributed by atoms with E-state index in [4.69, 9.17) is 4.74 Å². The minimum atomic E-state index is 0.733. The number of methoxy groups -OCH3 is 1. The molecule has 2 aromatic carbocycles. The first-order chi connectivity index (χ1) is 9.86. The maximum atomic E-state index is 5.48. The molecule has 2 unspecified atom stereocenters. The topological polar surface area (TPSA) is 21.3 Å². The van der Waals surface area contributed by atoms with Crippen LogP contribution in [0.25, 0.3) is 10.8 Å². The SMILES string of the molecule is COc1ccc(C2CC2CNC2CC2)c2ccccc12. The van der Waals surface area contributed by atoms with Crippen LogP contribution >= 0.6 is 0 Å². The van der Waals surface area contributed by atoms with Crippen molar-refractivity contribution >= 4 is 10.8 Å². The van der Waals surface area contributed by atoms with Gasteiger partial charge in [-0.05, 0) is 54.7 Å². The predicted molar refractivity (Wildman–Crippen MR) is 82.4 cm³/mol. The Morgan fingerprint density at radius 3 is 2.65 bits per heavy atom. The standard InChI is InChI=1S/C18H21NO/c1-20-18-9-8-15(14-4-2-3-5-16(14)18)17-10-12(17)11-19-13-6-7-13/h2-5,8-9,12-13,17,19H,6-7,10-11H2,1H3. The van der Waals surface area contributed by atoms with Gasteiger partial charge in [0.25, 0.3) is 0 Å². The summed E-state index contributed by atoms with van der Waals surface area (Å²) < 4.78 is 5.48. The first-order valence-electron chi connectivity index (χ1n) is 7.66. The number of hydrogen-bond donors (Lipinski definition) is 1. The van der Waals surface area contributed by atoms with E-state index in [9.17, 15) is 0 Å². The number of ether oxygens (including phenoxy) is 1. The van der Waals surface area contributed by atoms with Gasteiger partial charge in [0.15, 0.2) is 0 Å². The van der Waals surface area contributed by atoms with Gasteiger partial charge in [0.2, 0.25) is 0 Å². The zero-order chi connectivity index (χ0) is 13.5. The maximum Gasteiger partial charge on any atom is 0.126 e. The van der Waals surface area contributed by atoms with Crippen LogP contribution in [0.4, 0.5) is 0 Å². The van der Waals surface area contributed by atoms with Gasteiger partial charge in [0.1, 0.15) is 5.75 Å². The second-order valence-corrected chi connectivity index (χ2v) is 6.19. The monoisotopic (exact) mass is 267 g/mol. The van der Waals surface area contributed by atoms with E-state index >= 15 is 0 Å². The molecular weight excluding hydrogens is 246 g/mol. The molecule has 4 rings (SSSR count). The molecule has 2 saturated carbocycles. The highest BCUT2D eigenvalue weighted by molar-refractivity contribution is 5.91. The lowest BCUT2D eigenvalue weighted by atomic mass is 9.99. The van der Waals surface area contributed by atoms with Gasteiger partial charge in [-0.15, -0.1) is 0 Å². The Morgan fingerprint density at radius 2 is 1.90 bits per heavy atom. The summed E-state index contributed by atoms with van der Waals surface area (Å²) in [5, 5.41) is 6.27. The van der Waals surface area contributed by atoms with E-state index in [1.54, 1.807) is 7.11 Å². The molecule has 0 aliphatic heterocycles. The summed E-state index contributed by atoms with van der Waals surface area (Å²) in [7, 11) is 1.75. The van der Waals surface area contributed by atoms with Crippen LogP contribution in [0.1, 0.15) is 30.7 Å². The molecule has 104 valence electrons. The average molecular weight is 267 g/mol. The van der Waals surface area contributed by atoms with Crippen molar-refractivity contribution in [2.75, 3.05) is 13.7 Å². The quantitative estimate of drug-likeness (QED) is 0.891. The van der Waals surface area contributed by atoms with Crippen molar-refractivity contribution in [3.05, 3.63) is 42.0 Å². The van der Waals surface area contributed by atoms with Crippen molar-refractivity contribution in [3.8, 4) is 5.75 Å². The average Bonchev–Trinajstić information content (AvgIpc) is 3.37. The molecule has 2 aliphatic rings. The van der Waals surface area contributed by atoms with Crippen LogP contribution in [0.15, 0.2) is 36.4 Å². The molecule has 0 heterocycles. The van der Waals surface area contributed by atoms with Crippen LogP contribution in [-0.2, 0) is 0 Å². The van der Waals surface area contributed by atoms with Gasteiger partial charge >= 0.3 is 0 Å². The number of fused-ring (bicyclic) bond motifs is 1. The lowest BCUT2D eigenvalue weighted by molar-refractivity contribution is 0.419. The van der Waals surface area contributed by atoms with Crippen LogP contribution in [0.2, 0.25) is 0 Å². The number of nitrogens with one attached hydrogen (secondary N) is 1. The van der Waals surface area contributed by atoms with Gasteiger partial charge in [0.05, 0.1) is 7.11 Å². The second-order valence-electron chi connectivity index (χ2n) is 6.19. The van der Waals surface area contributed by atoms with Gasteiger partial charge in [-0.25, -0.2) is 0 Å². The third kappa shape index (κ3) is 2.18. The Morgan fingerprint density at radius 1 is 1.10 bits per heavy atom. The molecule has 2 atom stereocenters. The lowest BCUT2D eigenvalue weighted by Crippen LogP contribution is -2.19. The Bertz CT molecular complexity index is 632. The lowest BCUT2D eigenvalue weighted by Gasteiger charge is -2.10. The van der Waals surface area contributed by atoms with E-state index in [-0.39, 0.29) is 0 Å². The zero-order valence-corrected chi connectivity index (χ0v) is 11.9. The molecule has 2 fully saturated rings. The van der Waals surface area contributed by atoms with Crippen LogP contribution < -0.4 is 10.1 Å². The molecule has 20 heavy (non-hydrogen) atoms. The molecule has 2 aromatic rings. The van der Waals surface area contributed by atoms with E-state index < -0.39 is 0 Å². The molecule has 0 bridgehead atoms. The van der Waals surface area contributed by atoms with E-state index in [2.05, 4.69) is 41.7 Å². The first-order valence-corrected chi connectivity index (χ1v) is 7.66. The fourth-order valence-electron chi connectivity index (χ4n) is 3.26. The van der Waals surface area contributed by atoms with Gasteiger partial charge in [0, 0.05) is 11.4 Å². The summed E-state index contributed by atoms with van der Waals surface area (Å²) in [6, 6.07) is 13.8. The molecule has 2 heteroatoms. The van der Waals surface area contributed by atoms with Crippen molar-refractivity contribution in [1.82, 2.24) is 5.32 Å². The van der Waals surface area contributed by atoms with Crippen molar-refractivity contribution in [3.63, 3.8) is 0 Å². The van der Waals surface area contributed by atoms with Gasteiger partial charge in [-0.3, -0.25) is 0 Å². The molecule has 1 N–H and O–H groups in total. The van der Waals surface area contributed by atoms with Gasteiger partial charge in [-0.2, -0.15) is 0 Å². The summed E-state index contributed by atoms with van der Waals surface area (Å²) in [6.45, 7) is 1.19. The predicted octanol–water partition coefficient (Wildman–Crippen LogP) is 3.70. The Labute approximate surface area is 120 Å². The van der Waals surface area contributed by atoms with Crippen LogP contribution in [0.3, 0.4) is 0 Å². The highest BCUT2D eigenvalue weighted by atomic mass is 16.5. The first kappa shape index (κ1) is 12.2. The number of hydrogen-bond acceptors (Lipinski definition) is 2. The minimum Gasteiger partial charge on any atom is -0.496 e. The summed E-state index contributed by atoms with van der Waals surface area (Å²) in [5.41, 5.74) is 1.50. The highest BCUT2D eigenvalue weighted by Crippen LogP contribution is 2.50. The third-order valence-electron chi connectivity index (χ3n) is 4.71. The number of rotatable bonds is 5. The highest BCUT2D eigenvalue weighted by Gasteiger charge is 2.39. The maximum absolute atomic E-state index is 5.48. The molecule has 0 amide bonds. The Kier molecular flexibility index (Phi) is 2.92. The van der Waals surface area contributed by atoms with Crippen LogP contribution in [-0.4, -0.2) is 19.7 Å². The largest absolute Gasteiger partial charge is 0.496 e. The van der Waals surface area contributed by atoms with Crippen LogP contribution in [0.5, 0.6) is 5.75 Å². The summed E-state index contributed by atoms with van der Waals surface area (Å²) in [6.07, 6.45) is 4.09. The molecular formula is C18H21NO. The molecule has 0 saturated heterocycles. The Balaban J connectivity index is 1.60. The number of benzene rings is 2. The van der Waals surface area contributed by atoms with E-state index in [1.807, 2.05) is 0 Å². The van der Waals surface area contributed by atoms with Crippen molar-refractivity contribution < 1.29 is 4.74 Å². The minimum absolute atomic E-state index is 0.733. The molecule has 0 radical (unpaired) electrons. The van der Waals surface area contributed by atoms with Gasteiger partial charge in [-0.1, -0.05) is 30.3 Å². The molecule has 0 aromatic heterocycles. The van der Waals surface area contributed by atoms with E-state index in [0.29, 0.717) is 0 Å². The molecule has 0 spiro atoms. The fraction of sp³-hybridized carbons (Fsp3) is 0.444. The van der Waals surface area contributed by atoms with Crippen molar-refractivity contribution in [2.45, 2.75) is 31.2 Å². The second kappa shape index (κ2) is 4.78. The summed E-state index contributed by atoms with van der Waals surface area (Å²) in [5.74, 6) is 2.54. The summed E-state index contributed by atoms with van der Waals surface area (Å²) >= 11 is 0. The Hall–Kier alpha value is -1.54. The molecule has 2 nitrogen and oxygen atoms in total. The van der Waals surface area contributed by atoms with Crippen LogP contribution in [0, 0.1) is 5.92 Å². The van der Waals surface area contributed by atoms with Gasteiger partial charge < -0.3 is 10.1 Å². The van der Waals surface area contributed by atoms with E-state index in [0.717, 1.165) is 23.6 Å². The van der Waals surface area contributed by atoms with Crippen molar-refractivity contribution in [1.29, 1.82) is 0 Å². The fourth-order valence-corrected chi connectivity index (χ4v) is 3.26. The van der Waals surface area contributed by atoms with E-state index in [1.165, 1.54) is 42.1 Å². The van der Waals surface area contributed by atoms with Crippen molar-refractivity contribution in [2.24, 2.45) is 5.92 Å². The molecule has 2 aliphatic carbocycles. The normalized spacial score (nSPS) is 24.9. The zero-order valence-electron chi connectivity index (χ0n) is 11.9. The summed E-state index contributed by atoms with van der Waals surface area (Å²) in [4.78, 5) is 0. The third-order valence-corrected chi connectivity index (χ3v) is 4.71. The smallest absolute Gasteiger partial charge is 0.126 e.